The van der Waals surface area contributed by atoms with Gasteiger partial charge in [0.25, 0.3) is 0 Å². The molecule has 1 N–H and O–H groups in total. The number of carbonyl (C=O) groups is 1. The van der Waals surface area contributed by atoms with E-state index in [-0.39, 0.29) is 24.7 Å². The monoisotopic (exact) mass is 256 g/mol. The first kappa shape index (κ1) is 13.8. The molecule has 0 aromatic heterocycles. The van der Waals surface area contributed by atoms with E-state index in [1.54, 1.807) is 0 Å². The van der Waals surface area contributed by atoms with Crippen LogP contribution in [0.3, 0.4) is 0 Å². The van der Waals surface area contributed by atoms with Gasteiger partial charge in [0.1, 0.15) is 0 Å². The molecule has 0 spiro atoms. The third kappa shape index (κ3) is 3.43. The number of carboxylic acids is 1. The number of piperazine rings is 1. The van der Waals surface area contributed by atoms with Gasteiger partial charge in [-0.15, -0.1) is 0 Å². The van der Waals surface area contributed by atoms with Crippen molar-refractivity contribution in [2.24, 2.45) is 0 Å². The third-order valence-electron chi connectivity index (χ3n) is 4.08. The van der Waals surface area contributed by atoms with Crippen LogP contribution in [-0.4, -0.2) is 72.4 Å². The quantitative estimate of drug-likeness (QED) is 0.800. The fraction of sp³-hybridized carbons (Fsp3) is 0.923. The van der Waals surface area contributed by atoms with Gasteiger partial charge in [0.15, 0.2) is 0 Å². The minimum atomic E-state index is -0.720. The van der Waals surface area contributed by atoms with Crippen LogP contribution in [0.4, 0.5) is 0 Å². The van der Waals surface area contributed by atoms with Crippen LogP contribution in [0.25, 0.3) is 0 Å². The lowest BCUT2D eigenvalue weighted by molar-refractivity contribution is -0.140. The number of aliphatic carboxylic acids is 1. The van der Waals surface area contributed by atoms with E-state index >= 15 is 0 Å². The maximum absolute atomic E-state index is 11.1. The average molecular weight is 256 g/mol. The van der Waals surface area contributed by atoms with E-state index in [2.05, 4.69) is 23.8 Å². The molecule has 3 unspecified atom stereocenters. The molecule has 0 aromatic carbocycles. The van der Waals surface area contributed by atoms with E-state index in [1.165, 1.54) is 0 Å². The van der Waals surface area contributed by atoms with Crippen molar-refractivity contribution >= 4 is 5.97 Å². The highest BCUT2D eigenvalue weighted by atomic mass is 16.5. The summed E-state index contributed by atoms with van der Waals surface area (Å²) in [6.45, 7) is 5.99. The number of ether oxygens (including phenoxy) is 1. The highest BCUT2D eigenvalue weighted by Gasteiger charge is 2.35. The largest absolute Gasteiger partial charge is 0.481 e. The molecular formula is C13H24N2O3. The second kappa shape index (κ2) is 5.99. The Kier molecular flexibility index (Phi) is 4.59. The highest BCUT2D eigenvalue weighted by molar-refractivity contribution is 5.67. The summed E-state index contributed by atoms with van der Waals surface area (Å²) in [5, 5.41) is 9.10. The number of likely N-dealkylation sites (N-methyl/N-ethyl adjacent to an activating group) is 1. The van der Waals surface area contributed by atoms with Gasteiger partial charge in [-0.05, 0) is 26.8 Å². The Morgan fingerprint density at radius 3 is 2.50 bits per heavy atom. The van der Waals surface area contributed by atoms with Crippen molar-refractivity contribution in [2.75, 3.05) is 33.2 Å². The number of carboxylic acid groups (broad SMARTS) is 1. The lowest BCUT2D eigenvalue weighted by Gasteiger charge is -2.39. The summed E-state index contributed by atoms with van der Waals surface area (Å²) in [7, 11) is 2.11. The van der Waals surface area contributed by atoms with Crippen LogP contribution in [0.15, 0.2) is 0 Å². The number of nitrogens with zero attached hydrogens (tertiary/aromatic N) is 2. The van der Waals surface area contributed by atoms with Gasteiger partial charge in [0.2, 0.25) is 0 Å². The molecule has 2 heterocycles. The maximum Gasteiger partial charge on any atom is 0.305 e. The van der Waals surface area contributed by atoms with Gasteiger partial charge in [-0.1, -0.05) is 0 Å². The zero-order valence-electron chi connectivity index (χ0n) is 11.3. The summed E-state index contributed by atoms with van der Waals surface area (Å²) in [6.07, 6.45) is 2.61. The third-order valence-corrected chi connectivity index (χ3v) is 4.08. The zero-order chi connectivity index (χ0) is 13.1. The molecule has 0 amide bonds. The first-order valence-electron chi connectivity index (χ1n) is 6.86. The van der Waals surface area contributed by atoms with Crippen LogP contribution < -0.4 is 0 Å². The molecule has 3 atom stereocenters. The van der Waals surface area contributed by atoms with E-state index in [9.17, 15) is 4.79 Å². The van der Waals surface area contributed by atoms with Gasteiger partial charge >= 0.3 is 5.97 Å². The molecule has 0 aromatic rings. The summed E-state index contributed by atoms with van der Waals surface area (Å²) in [5.41, 5.74) is 0. The van der Waals surface area contributed by atoms with Gasteiger partial charge in [-0.2, -0.15) is 0 Å². The summed E-state index contributed by atoms with van der Waals surface area (Å²) >= 11 is 0. The van der Waals surface area contributed by atoms with Gasteiger partial charge in [-0.3, -0.25) is 9.69 Å². The lowest BCUT2D eigenvalue weighted by Crippen LogP contribution is -2.53. The molecule has 2 aliphatic heterocycles. The first-order valence-corrected chi connectivity index (χ1v) is 6.86. The topological polar surface area (TPSA) is 53.0 Å². The molecule has 2 saturated heterocycles. The van der Waals surface area contributed by atoms with Crippen molar-refractivity contribution in [3.05, 3.63) is 0 Å². The molecule has 0 radical (unpaired) electrons. The smallest absolute Gasteiger partial charge is 0.305 e. The van der Waals surface area contributed by atoms with Crippen molar-refractivity contribution in [2.45, 2.75) is 44.4 Å². The van der Waals surface area contributed by atoms with Crippen LogP contribution >= 0.6 is 0 Å². The van der Waals surface area contributed by atoms with E-state index in [4.69, 9.17) is 9.84 Å². The van der Waals surface area contributed by atoms with Crippen LogP contribution in [0.1, 0.15) is 26.2 Å². The summed E-state index contributed by atoms with van der Waals surface area (Å²) in [6, 6.07) is 0.0427. The predicted molar refractivity (Wildman–Crippen MR) is 68.7 cm³/mol. The molecule has 5 heteroatoms. The van der Waals surface area contributed by atoms with E-state index in [0.717, 1.165) is 39.0 Å². The second-order valence-corrected chi connectivity index (χ2v) is 5.57. The standard InChI is InChI=1S/C13H24N2O3/c1-10-3-4-12(18-10)11(9-13(16)17)15-7-5-14(2)6-8-15/h10-12H,3-9H2,1-2H3,(H,16,17). The Hall–Kier alpha value is -0.650. The van der Waals surface area contributed by atoms with Crippen molar-refractivity contribution in [1.29, 1.82) is 0 Å². The van der Waals surface area contributed by atoms with E-state index < -0.39 is 5.97 Å². The Morgan fingerprint density at radius 2 is 2.00 bits per heavy atom. The molecule has 2 rings (SSSR count). The molecule has 18 heavy (non-hydrogen) atoms. The molecule has 2 fully saturated rings. The van der Waals surface area contributed by atoms with Crippen LogP contribution in [0, 0.1) is 0 Å². The zero-order valence-corrected chi connectivity index (χ0v) is 11.3. The van der Waals surface area contributed by atoms with Gasteiger partial charge in [0, 0.05) is 32.2 Å². The van der Waals surface area contributed by atoms with Crippen LogP contribution in [0.5, 0.6) is 0 Å². The van der Waals surface area contributed by atoms with Crippen molar-refractivity contribution in [1.82, 2.24) is 9.80 Å². The second-order valence-electron chi connectivity index (χ2n) is 5.57. The Morgan fingerprint density at radius 1 is 1.33 bits per heavy atom. The molecule has 0 saturated carbocycles. The molecule has 104 valence electrons. The van der Waals surface area contributed by atoms with Gasteiger partial charge < -0.3 is 14.7 Å². The highest BCUT2D eigenvalue weighted by Crippen LogP contribution is 2.26. The Labute approximate surface area is 109 Å². The van der Waals surface area contributed by atoms with Crippen LogP contribution in [0.2, 0.25) is 0 Å². The molecule has 5 nitrogen and oxygen atoms in total. The predicted octanol–water partition coefficient (Wildman–Crippen LogP) is 0.645. The van der Waals surface area contributed by atoms with Crippen molar-refractivity contribution < 1.29 is 14.6 Å². The minimum absolute atomic E-state index is 0.0427. The fourth-order valence-electron chi connectivity index (χ4n) is 2.94. The fourth-order valence-corrected chi connectivity index (χ4v) is 2.94. The van der Waals surface area contributed by atoms with Crippen LogP contribution in [-0.2, 0) is 9.53 Å². The average Bonchev–Trinajstić information content (AvgIpc) is 2.74. The first-order chi connectivity index (χ1) is 8.56. The van der Waals surface area contributed by atoms with Crippen molar-refractivity contribution in [3.8, 4) is 0 Å². The Bertz CT molecular complexity index is 290. The summed E-state index contributed by atoms with van der Waals surface area (Å²) in [4.78, 5) is 15.6. The van der Waals surface area contributed by atoms with Crippen molar-refractivity contribution in [3.63, 3.8) is 0 Å². The maximum atomic E-state index is 11.1. The minimum Gasteiger partial charge on any atom is -0.481 e. The summed E-state index contributed by atoms with van der Waals surface area (Å²) < 4.78 is 5.89. The van der Waals surface area contributed by atoms with E-state index in [0.29, 0.717) is 0 Å². The SMILES string of the molecule is CC1CCC(C(CC(=O)O)N2CCN(C)CC2)O1. The lowest BCUT2D eigenvalue weighted by atomic mass is 10.0. The summed E-state index contributed by atoms with van der Waals surface area (Å²) in [5.74, 6) is -0.720. The Balaban J connectivity index is 1.98. The number of hydrogen-bond acceptors (Lipinski definition) is 4. The molecular weight excluding hydrogens is 232 g/mol. The number of rotatable bonds is 4. The van der Waals surface area contributed by atoms with Gasteiger partial charge in [0.05, 0.1) is 18.6 Å². The molecule has 2 aliphatic rings. The van der Waals surface area contributed by atoms with E-state index in [1.807, 2.05) is 0 Å². The molecule has 0 aliphatic carbocycles. The molecule has 0 bridgehead atoms. The van der Waals surface area contributed by atoms with Gasteiger partial charge in [-0.25, -0.2) is 0 Å². The number of hydrogen-bond donors (Lipinski definition) is 1. The normalized spacial score (nSPS) is 32.6.